The summed E-state index contributed by atoms with van der Waals surface area (Å²) in [7, 11) is 0. The number of hydrogen-bond donors (Lipinski definition) is 1. The SMILES string of the molecule is Cc1ccc(-n2nnc(C(=O)NCCc3ccccc3)c2C)cc1C. The van der Waals surface area contributed by atoms with Crippen LogP contribution in [0.5, 0.6) is 0 Å². The van der Waals surface area contributed by atoms with Crippen molar-refractivity contribution in [3.63, 3.8) is 0 Å². The van der Waals surface area contributed by atoms with E-state index in [4.69, 9.17) is 0 Å². The lowest BCUT2D eigenvalue weighted by molar-refractivity contribution is 0.0948. The first kappa shape index (κ1) is 16.9. The summed E-state index contributed by atoms with van der Waals surface area (Å²) >= 11 is 0. The van der Waals surface area contributed by atoms with Gasteiger partial charge in [-0.3, -0.25) is 4.79 Å². The molecule has 0 spiro atoms. The molecule has 0 unspecified atom stereocenters. The number of amides is 1. The number of benzene rings is 2. The molecule has 3 aromatic rings. The summed E-state index contributed by atoms with van der Waals surface area (Å²) in [5.41, 5.74) is 5.61. The smallest absolute Gasteiger partial charge is 0.273 e. The predicted molar refractivity (Wildman–Crippen MR) is 98.0 cm³/mol. The average molecular weight is 334 g/mol. The number of aryl methyl sites for hydroxylation is 2. The van der Waals surface area contributed by atoms with Crippen LogP contribution < -0.4 is 5.32 Å². The fraction of sp³-hybridized carbons (Fsp3) is 0.250. The summed E-state index contributed by atoms with van der Waals surface area (Å²) in [4.78, 5) is 12.4. The van der Waals surface area contributed by atoms with E-state index in [1.54, 1.807) is 4.68 Å². The van der Waals surface area contributed by atoms with Crippen LogP contribution in [0.25, 0.3) is 5.69 Å². The van der Waals surface area contributed by atoms with Gasteiger partial charge in [0.25, 0.3) is 5.91 Å². The molecule has 0 fully saturated rings. The molecule has 0 aliphatic rings. The number of carbonyl (C=O) groups excluding carboxylic acids is 1. The van der Waals surface area contributed by atoms with Crippen molar-refractivity contribution in [1.82, 2.24) is 20.3 Å². The predicted octanol–water partition coefficient (Wildman–Crippen LogP) is 3.17. The van der Waals surface area contributed by atoms with Gasteiger partial charge >= 0.3 is 0 Å². The van der Waals surface area contributed by atoms with E-state index < -0.39 is 0 Å². The molecule has 1 aromatic heterocycles. The van der Waals surface area contributed by atoms with Gasteiger partial charge in [-0.05, 0) is 56.0 Å². The Hall–Kier alpha value is -2.95. The van der Waals surface area contributed by atoms with Gasteiger partial charge in [-0.2, -0.15) is 0 Å². The molecule has 0 atom stereocenters. The van der Waals surface area contributed by atoms with Gasteiger partial charge in [0.05, 0.1) is 11.4 Å². The molecule has 25 heavy (non-hydrogen) atoms. The molecule has 5 nitrogen and oxygen atoms in total. The number of nitrogens with zero attached hydrogens (tertiary/aromatic N) is 3. The van der Waals surface area contributed by atoms with E-state index >= 15 is 0 Å². The van der Waals surface area contributed by atoms with E-state index in [0.29, 0.717) is 12.2 Å². The number of aromatic nitrogens is 3. The lowest BCUT2D eigenvalue weighted by Gasteiger charge is -2.07. The zero-order valence-corrected chi connectivity index (χ0v) is 14.8. The highest BCUT2D eigenvalue weighted by Gasteiger charge is 2.17. The van der Waals surface area contributed by atoms with Crippen molar-refractivity contribution in [3.8, 4) is 5.69 Å². The van der Waals surface area contributed by atoms with Crippen LogP contribution in [0, 0.1) is 20.8 Å². The van der Waals surface area contributed by atoms with E-state index in [2.05, 4.69) is 29.5 Å². The minimum absolute atomic E-state index is 0.191. The first-order valence-corrected chi connectivity index (χ1v) is 8.38. The van der Waals surface area contributed by atoms with Crippen molar-refractivity contribution in [3.05, 3.63) is 76.6 Å². The maximum Gasteiger partial charge on any atom is 0.273 e. The third-order valence-electron chi connectivity index (χ3n) is 4.39. The minimum atomic E-state index is -0.191. The van der Waals surface area contributed by atoms with E-state index in [9.17, 15) is 4.79 Å². The Morgan fingerprint density at radius 3 is 2.52 bits per heavy atom. The van der Waals surface area contributed by atoms with Gasteiger partial charge in [0.1, 0.15) is 0 Å². The van der Waals surface area contributed by atoms with Gasteiger partial charge in [-0.25, -0.2) is 4.68 Å². The van der Waals surface area contributed by atoms with Gasteiger partial charge in [0.2, 0.25) is 0 Å². The molecule has 5 heteroatoms. The van der Waals surface area contributed by atoms with Crippen LogP contribution in [0.15, 0.2) is 48.5 Å². The van der Waals surface area contributed by atoms with E-state index in [1.807, 2.05) is 55.5 Å². The lowest BCUT2D eigenvalue weighted by atomic mass is 10.1. The third-order valence-corrected chi connectivity index (χ3v) is 4.39. The van der Waals surface area contributed by atoms with Crippen molar-refractivity contribution in [2.75, 3.05) is 6.54 Å². The van der Waals surface area contributed by atoms with Gasteiger partial charge in [0, 0.05) is 6.54 Å². The highest BCUT2D eigenvalue weighted by atomic mass is 16.2. The maximum atomic E-state index is 12.4. The second kappa shape index (κ2) is 7.30. The standard InChI is InChI=1S/C20H22N4O/c1-14-9-10-18(13-15(14)2)24-16(3)19(22-23-24)20(25)21-12-11-17-7-5-4-6-8-17/h4-10,13H,11-12H2,1-3H3,(H,21,25). The Morgan fingerprint density at radius 1 is 1.04 bits per heavy atom. The molecule has 3 rings (SSSR count). The first-order valence-electron chi connectivity index (χ1n) is 8.38. The van der Waals surface area contributed by atoms with E-state index in [1.165, 1.54) is 16.7 Å². The Morgan fingerprint density at radius 2 is 1.80 bits per heavy atom. The molecule has 0 saturated carbocycles. The molecule has 0 saturated heterocycles. The molecule has 0 aliphatic heterocycles. The van der Waals surface area contributed by atoms with Crippen molar-refractivity contribution < 1.29 is 4.79 Å². The second-order valence-corrected chi connectivity index (χ2v) is 6.20. The average Bonchev–Trinajstić information content (AvgIpc) is 3.00. The summed E-state index contributed by atoms with van der Waals surface area (Å²) in [5, 5.41) is 11.1. The quantitative estimate of drug-likeness (QED) is 0.780. The molecular weight excluding hydrogens is 312 g/mol. The van der Waals surface area contributed by atoms with Crippen LogP contribution in [0.2, 0.25) is 0 Å². The molecule has 0 aliphatic carbocycles. The lowest BCUT2D eigenvalue weighted by Crippen LogP contribution is -2.26. The van der Waals surface area contributed by atoms with Gasteiger partial charge in [-0.1, -0.05) is 41.6 Å². The van der Waals surface area contributed by atoms with Crippen LogP contribution >= 0.6 is 0 Å². The Bertz CT molecular complexity index is 884. The molecule has 0 radical (unpaired) electrons. The molecule has 1 heterocycles. The molecule has 0 bridgehead atoms. The summed E-state index contributed by atoms with van der Waals surface area (Å²) in [5.74, 6) is -0.191. The summed E-state index contributed by atoms with van der Waals surface area (Å²) in [6.07, 6.45) is 0.789. The second-order valence-electron chi connectivity index (χ2n) is 6.20. The van der Waals surface area contributed by atoms with Crippen LogP contribution in [0.1, 0.15) is 32.9 Å². The normalized spacial score (nSPS) is 10.7. The zero-order valence-electron chi connectivity index (χ0n) is 14.8. The first-order chi connectivity index (χ1) is 12.1. The monoisotopic (exact) mass is 334 g/mol. The number of carbonyl (C=O) groups is 1. The number of rotatable bonds is 5. The van der Waals surface area contributed by atoms with Gasteiger partial charge in [-0.15, -0.1) is 5.10 Å². The summed E-state index contributed by atoms with van der Waals surface area (Å²) < 4.78 is 1.71. The minimum Gasteiger partial charge on any atom is -0.350 e. The van der Waals surface area contributed by atoms with Crippen molar-refractivity contribution in [2.24, 2.45) is 0 Å². The molecule has 128 valence electrons. The molecular formula is C20H22N4O. The summed E-state index contributed by atoms with van der Waals surface area (Å²) in [6.45, 7) is 6.56. The van der Waals surface area contributed by atoms with Gasteiger partial charge in [0.15, 0.2) is 5.69 Å². The van der Waals surface area contributed by atoms with Crippen LogP contribution in [0.3, 0.4) is 0 Å². The van der Waals surface area contributed by atoms with E-state index in [-0.39, 0.29) is 5.91 Å². The van der Waals surface area contributed by atoms with E-state index in [0.717, 1.165) is 17.8 Å². The van der Waals surface area contributed by atoms with Crippen LogP contribution in [0.4, 0.5) is 0 Å². The molecule has 1 N–H and O–H groups in total. The maximum absolute atomic E-state index is 12.4. The molecule has 1 amide bonds. The largest absolute Gasteiger partial charge is 0.350 e. The third kappa shape index (κ3) is 3.76. The van der Waals surface area contributed by atoms with Gasteiger partial charge < -0.3 is 5.32 Å². The number of nitrogens with one attached hydrogen (secondary N) is 1. The fourth-order valence-corrected chi connectivity index (χ4v) is 2.69. The van der Waals surface area contributed by atoms with Crippen molar-refractivity contribution in [1.29, 1.82) is 0 Å². The summed E-state index contributed by atoms with van der Waals surface area (Å²) in [6, 6.07) is 16.2. The molecule has 2 aromatic carbocycles. The van der Waals surface area contributed by atoms with Crippen molar-refractivity contribution >= 4 is 5.91 Å². The highest BCUT2D eigenvalue weighted by Crippen LogP contribution is 2.16. The zero-order chi connectivity index (χ0) is 17.8. The van der Waals surface area contributed by atoms with Crippen LogP contribution in [-0.2, 0) is 6.42 Å². The van der Waals surface area contributed by atoms with Crippen LogP contribution in [-0.4, -0.2) is 27.4 Å². The highest BCUT2D eigenvalue weighted by molar-refractivity contribution is 5.93. The Kier molecular flexibility index (Phi) is 4.93. The Labute approximate surface area is 147 Å². The topological polar surface area (TPSA) is 59.8 Å². The fourth-order valence-electron chi connectivity index (χ4n) is 2.69. The van der Waals surface area contributed by atoms with Crippen molar-refractivity contribution in [2.45, 2.75) is 27.2 Å². The number of hydrogen-bond acceptors (Lipinski definition) is 3. The Balaban J connectivity index is 1.69.